The minimum Gasteiger partial charge on any atom is -0.360 e. The van der Waals surface area contributed by atoms with Crippen LogP contribution in [-0.4, -0.2) is 37.5 Å². The van der Waals surface area contributed by atoms with Gasteiger partial charge in [0.1, 0.15) is 10.6 Å². The number of carbonyl (C=O) groups is 2. The lowest BCUT2D eigenvalue weighted by atomic mass is 10.2. The summed E-state index contributed by atoms with van der Waals surface area (Å²) in [6, 6.07) is 5.65. The Labute approximate surface area is 162 Å². The molecule has 1 atom stereocenters. The topological polar surface area (TPSA) is 130 Å². The van der Waals surface area contributed by atoms with E-state index in [4.69, 9.17) is 4.52 Å². The van der Waals surface area contributed by atoms with Gasteiger partial charge in [0, 0.05) is 17.3 Å². The second kappa shape index (κ2) is 7.72. The summed E-state index contributed by atoms with van der Waals surface area (Å²) < 4.78 is 32.2. The fourth-order valence-electron chi connectivity index (χ4n) is 2.69. The van der Waals surface area contributed by atoms with Crippen molar-refractivity contribution in [3.63, 3.8) is 0 Å². The van der Waals surface area contributed by atoms with Crippen LogP contribution in [0.5, 0.6) is 0 Å². The third-order valence-electron chi connectivity index (χ3n) is 4.27. The fraction of sp³-hybridized carbons (Fsp3) is 0.389. The van der Waals surface area contributed by atoms with Crippen LogP contribution in [0.25, 0.3) is 0 Å². The van der Waals surface area contributed by atoms with Gasteiger partial charge in [-0.3, -0.25) is 9.59 Å². The van der Waals surface area contributed by atoms with Crippen LogP contribution < -0.4 is 15.4 Å². The largest absolute Gasteiger partial charge is 0.360 e. The highest BCUT2D eigenvalue weighted by Gasteiger charge is 2.28. The summed E-state index contributed by atoms with van der Waals surface area (Å²) in [5.41, 5.74) is 1.04. The summed E-state index contributed by atoms with van der Waals surface area (Å²) in [5.74, 6) is -0.618. The van der Waals surface area contributed by atoms with E-state index in [9.17, 15) is 18.0 Å². The van der Waals surface area contributed by atoms with Crippen LogP contribution in [0, 0.1) is 13.8 Å². The standard InChI is InChI=1S/C18H22N4O5S/c1-10-16(12(3)27-21-10)28(25,26)22-11(2)17(23)20-15-6-4-5-13(9-15)18(24)19-14-7-8-14/h4-6,9,11,14,22H,7-8H2,1-3H3,(H,19,24)(H,20,23)/t11-/m1/s1. The summed E-state index contributed by atoms with van der Waals surface area (Å²) >= 11 is 0. The Kier molecular flexibility index (Phi) is 5.52. The highest BCUT2D eigenvalue weighted by atomic mass is 32.2. The van der Waals surface area contributed by atoms with Crippen LogP contribution in [0.3, 0.4) is 0 Å². The zero-order chi connectivity index (χ0) is 20.5. The van der Waals surface area contributed by atoms with Crippen LogP contribution >= 0.6 is 0 Å². The molecule has 0 saturated heterocycles. The maximum Gasteiger partial charge on any atom is 0.251 e. The number of aromatic nitrogens is 1. The predicted octanol–water partition coefficient (Wildman–Crippen LogP) is 1.49. The van der Waals surface area contributed by atoms with Gasteiger partial charge in [-0.2, -0.15) is 4.72 Å². The number of sulfonamides is 1. The Bertz CT molecular complexity index is 991. The smallest absolute Gasteiger partial charge is 0.251 e. The number of amides is 2. The van der Waals surface area contributed by atoms with E-state index < -0.39 is 22.0 Å². The molecule has 9 nitrogen and oxygen atoms in total. The van der Waals surface area contributed by atoms with E-state index in [0.29, 0.717) is 11.3 Å². The molecule has 0 radical (unpaired) electrons. The molecule has 2 amide bonds. The number of nitrogens with one attached hydrogen (secondary N) is 3. The number of benzene rings is 1. The van der Waals surface area contributed by atoms with E-state index in [1.54, 1.807) is 24.3 Å². The zero-order valence-corrected chi connectivity index (χ0v) is 16.6. The average Bonchev–Trinajstić information content (AvgIpc) is 3.36. The third kappa shape index (κ3) is 4.57. The number of rotatable bonds is 7. The van der Waals surface area contributed by atoms with Crippen molar-refractivity contribution in [3.05, 3.63) is 41.3 Å². The van der Waals surface area contributed by atoms with Crippen molar-refractivity contribution < 1.29 is 22.5 Å². The molecule has 2 aromatic rings. The average molecular weight is 406 g/mol. The molecule has 150 valence electrons. The van der Waals surface area contributed by atoms with E-state index in [-0.39, 0.29) is 28.3 Å². The second-order valence-corrected chi connectivity index (χ2v) is 8.46. The van der Waals surface area contributed by atoms with Crippen LogP contribution in [-0.2, 0) is 14.8 Å². The molecule has 1 saturated carbocycles. The molecule has 0 aliphatic heterocycles. The van der Waals surface area contributed by atoms with E-state index in [1.807, 2.05) is 0 Å². The first-order valence-electron chi connectivity index (χ1n) is 8.84. The molecule has 1 fully saturated rings. The van der Waals surface area contributed by atoms with Crippen molar-refractivity contribution in [2.75, 3.05) is 5.32 Å². The summed E-state index contributed by atoms with van der Waals surface area (Å²) in [5, 5.41) is 9.11. The number of hydrogen-bond acceptors (Lipinski definition) is 6. The van der Waals surface area contributed by atoms with Gasteiger partial charge >= 0.3 is 0 Å². The van der Waals surface area contributed by atoms with E-state index >= 15 is 0 Å². The minimum atomic E-state index is -3.97. The number of hydrogen-bond donors (Lipinski definition) is 3. The number of carbonyl (C=O) groups excluding carboxylic acids is 2. The lowest BCUT2D eigenvalue weighted by Crippen LogP contribution is -2.41. The van der Waals surface area contributed by atoms with Crippen LogP contribution in [0.2, 0.25) is 0 Å². The quantitative estimate of drug-likeness (QED) is 0.639. The first-order valence-corrected chi connectivity index (χ1v) is 10.3. The first-order chi connectivity index (χ1) is 13.2. The number of aryl methyl sites for hydroxylation is 2. The predicted molar refractivity (Wildman–Crippen MR) is 101 cm³/mol. The molecule has 1 aliphatic carbocycles. The van der Waals surface area contributed by atoms with E-state index in [0.717, 1.165) is 12.8 Å². The molecule has 3 rings (SSSR count). The van der Waals surface area contributed by atoms with Gasteiger partial charge in [0.05, 0.1) is 6.04 Å². The van der Waals surface area contributed by atoms with E-state index in [2.05, 4.69) is 20.5 Å². The molecular formula is C18H22N4O5S. The monoisotopic (exact) mass is 406 g/mol. The summed E-state index contributed by atoms with van der Waals surface area (Å²) in [6.45, 7) is 4.42. The Morgan fingerprint density at radius 1 is 1.25 bits per heavy atom. The van der Waals surface area contributed by atoms with Gasteiger partial charge < -0.3 is 15.2 Å². The minimum absolute atomic E-state index is 0.0779. The molecule has 10 heteroatoms. The van der Waals surface area contributed by atoms with Gasteiger partial charge in [-0.1, -0.05) is 11.2 Å². The molecule has 1 heterocycles. The summed E-state index contributed by atoms with van der Waals surface area (Å²) in [4.78, 5) is 24.5. The Balaban J connectivity index is 1.66. The van der Waals surface area contributed by atoms with Gasteiger partial charge in [0.25, 0.3) is 5.91 Å². The zero-order valence-electron chi connectivity index (χ0n) is 15.8. The van der Waals surface area contributed by atoms with Crippen molar-refractivity contribution in [2.45, 2.75) is 50.6 Å². The Hall–Kier alpha value is -2.72. The SMILES string of the molecule is Cc1noc(C)c1S(=O)(=O)N[C@H](C)C(=O)Nc1cccc(C(=O)NC2CC2)c1. The Morgan fingerprint density at radius 2 is 1.96 bits per heavy atom. The van der Waals surface area contributed by atoms with Crippen molar-refractivity contribution in [2.24, 2.45) is 0 Å². The maximum absolute atomic E-state index is 12.5. The third-order valence-corrected chi connectivity index (χ3v) is 6.05. The molecule has 0 spiro atoms. The molecule has 0 unspecified atom stereocenters. The first kappa shape index (κ1) is 20.0. The molecule has 0 bridgehead atoms. The van der Waals surface area contributed by atoms with Crippen molar-refractivity contribution in [1.82, 2.24) is 15.2 Å². The highest BCUT2D eigenvalue weighted by Crippen LogP contribution is 2.21. The number of anilines is 1. The molecule has 28 heavy (non-hydrogen) atoms. The van der Waals surface area contributed by atoms with Gasteiger partial charge in [-0.15, -0.1) is 0 Å². The highest BCUT2D eigenvalue weighted by molar-refractivity contribution is 7.89. The van der Waals surface area contributed by atoms with Crippen LogP contribution in [0.15, 0.2) is 33.7 Å². The lowest BCUT2D eigenvalue weighted by Gasteiger charge is -2.15. The maximum atomic E-state index is 12.5. The van der Waals surface area contributed by atoms with Crippen LogP contribution in [0.4, 0.5) is 5.69 Å². The normalized spacial score (nSPS) is 15.1. The molecule has 3 N–H and O–H groups in total. The molecular weight excluding hydrogens is 384 g/mol. The van der Waals surface area contributed by atoms with Gasteiger partial charge in [0.15, 0.2) is 5.76 Å². The lowest BCUT2D eigenvalue weighted by molar-refractivity contribution is -0.117. The van der Waals surface area contributed by atoms with Crippen molar-refractivity contribution >= 4 is 27.5 Å². The molecule has 1 aromatic heterocycles. The molecule has 1 aliphatic rings. The fourth-order valence-corrected chi connectivity index (χ4v) is 4.22. The van der Waals surface area contributed by atoms with Gasteiger partial charge in [-0.05, 0) is 51.8 Å². The summed E-state index contributed by atoms with van der Waals surface area (Å²) in [6.07, 6.45) is 1.95. The van der Waals surface area contributed by atoms with Gasteiger partial charge in [0.2, 0.25) is 15.9 Å². The van der Waals surface area contributed by atoms with Gasteiger partial charge in [-0.25, -0.2) is 8.42 Å². The summed E-state index contributed by atoms with van der Waals surface area (Å²) in [7, 11) is -3.97. The second-order valence-electron chi connectivity index (χ2n) is 6.81. The number of nitrogens with zero attached hydrogens (tertiary/aromatic N) is 1. The van der Waals surface area contributed by atoms with Crippen molar-refractivity contribution in [3.8, 4) is 0 Å². The van der Waals surface area contributed by atoms with E-state index in [1.165, 1.54) is 20.8 Å². The van der Waals surface area contributed by atoms with Crippen LogP contribution in [0.1, 0.15) is 41.6 Å². The van der Waals surface area contributed by atoms with Crippen molar-refractivity contribution in [1.29, 1.82) is 0 Å². The Morgan fingerprint density at radius 3 is 2.57 bits per heavy atom. The molecule has 1 aromatic carbocycles.